The zero-order valence-corrected chi connectivity index (χ0v) is 13.4. The molecule has 1 unspecified atom stereocenters. The highest BCUT2D eigenvalue weighted by Gasteiger charge is 2.66. The Morgan fingerprint density at radius 3 is 2.91 bits per heavy atom. The Balaban J connectivity index is 1.75. The van der Waals surface area contributed by atoms with Crippen molar-refractivity contribution in [3.05, 3.63) is 0 Å². The normalized spacial score (nSPS) is 45.5. The van der Waals surface area contributed by atoms with Gasteiger partial charge in [0.15, 0.2) is 6.29 Å². The van der Waals surface area contributed by atoms with Gasteiger partial charge < -0.3 is 30.6 Å². The van der Waals surface area contributed by atoms with E-state index in [9.17, 15) is 14.9 Å². The number of aliphatic hydroxyl groups is 1. The Hall–Kier alpha value is -0.665. The number of carbonyl (C=O) groups excluding carboxylic acids is 1. The molecule has 3 heterocycles. The summed E-state index contributed by atoms with van der Waals surface area (Å²) in [5, 5.41) is 24.2. The van der Waals surface area contributed by atoms with Crippen LogP contribution in [-0.2, 0) is 9.45 Å². The van der Waals surface area contributed by atoms with Crippen LogP contribution >= 0.6 is 0 Å². The SMILES string of the molecule is CC(C)[C@H](N)C(=O)N[C@H]1C[NH+]2[B@@-]3(O)CCCC[C@@]2(C1)[C@@H](O)O3. The maximum absolute atomic E-state index is 12.2. The molecule has 2 bridgehead atoms. The van der Waals surface area contributed by atoms with Crippen LogP contribution in [0.2, 0.25) is 6.32 Å². The second-order valence-electron chi connectivity index (χ2n) is 7.70. The minimum absolute atomic E-state index is 0.0719. The highest BCUT2D eigenvalue weighted by molar-refractivity contribution is 6.57. The van der Waals surface area contributed by atoms with Crippen molar-refractivity contribution >= 4 is 12.6 Å². The quantitative estimate of drug-likeness (QED) is 0.385. The molecule has 3 aliphatic rings. The molecule has 0 aromatic heterocycles. The molecule has 0 spiro atoms. The van der Waals surface area contributed by atoms with Crippen molar-refractivity contribution in [1.29, 1.82) is 0 Å². The summed E-state index contributed by atoms with van der Waals surface area (Å²) >= 11 is 0. The van der Waals surface area contributed by atoms with E-state index < -0.39 is 24.6 Å². The van der Waals surface area contributed by atoms with Crippen molar-refractivity contribution in [1.82, 2.24) is 5.32 Å². The monoisotopic (exact) mass is 313 g/mol. The van der Waals surface area contributed by atoms with Crippen molar-refractivity contribution in [2.45, 2.75) is 69.8 Å². The molecule has 6 atom stereocenters. The lowest BCUT2D eigenvalue weighted by molar-refractivity contribution is -0.846. The molecule has 3 aliphatic heterocycles. The van der Waals surface area contributed by atoms with E-state index >= 15 is 0 Å². The van der Waals surface area contributed by atoms with Crippen LogP contribution in [-0.4, -0.2) is 53.2 Å². The van der Waals surface area contributed by atoms with Crippen molar-refractivity contribution in [3.63, 3.8) is 0 Å². The van der Waals surface area contributed by atoms with Gasteiger partial charge in [-0.15, -0.1) is 0 Å². The molecule has 0 aliphatic carbocycles. The van der Waals surface area contributed by atoms with Gasteiger partial charge in [0.05, 0.1) is 18.6 Å². The fraction of sp³-hybridized carbons (Fsp3) is 0.929. The van der Waals surface area contributed by atoms with Gasteiger partial charge in [-0.3, -0.25) is 4.79 Å². The number of hydrogen-bond donors (Lipinski definition) is 5. The Kier molecular flexibility index (Phi) is 4.02. The fourth-order valence-electron chi connectivity index (χ4n) is 4.62. The molecule has 1 amide bonds. The van der Waals surface area contributed by atoms with Crippen LogP contribution in [0, 0.1) is 5.92 Å². The molecule has 6 N–H and O–H groups in total. The molecule has 126 valence electrons. The van der Waals surface area contributed by atoms with Crippen LogP contribution in [0.15, 0.2) is 0 Å². The summed E-state index contributed by atoms with van der Waals surface area (Å²) < 4.78 is 5.55. The Labute approximate surface area is 131 Å². The van der Waals surface area contributed by atoms with E-state index in [1.54, 1.807) is 0 Å². The topological polar surface area (TPSA) is 109 Å². The van der Waals surface area contributed by atoms with Crippen molar-refractivity contribution in [2.24, 2.45) is 11.7 Å². The maximum atomic E-state index is 12.2. The molecule has 0 radical (unpaired) electrons. The predicted molar refractivity (Wildman–Crippen MR) is 81.6 cm³/mol. The van der Waals surface area contributed by atoms with Gasteiger partial charge in [0, 0.05) is 12.8 Å². The number of hydrogen-bond acceptors (Lipinski definition) is 5. The predicted octanol–water partition coefficient (Wildman–Crippen LogP) is -2.05. The van der Waals surface area contributed by atoms with Gasteiger partial charge in [0.2, 0.25) is 5.91 Å². The van der Waals surface area contributed by atoms with E-state index in [1.165, 1.54) is 0 Å². The van der Waals surface area contributed by atoms with Gasteiger partial charge in [-0.25, -0.2) is 0 Å². The van der Waals surface area contributed by atoms with E-state index in [0.717, 1.165) is 24.1 Å². The summed E-state index contributed by atoms with van der Waals surface area (Å²) in [4.78, 5) is 13.1. The number of carbonyl (C=O) groups is 1. The lowest BCUT2D eigenvalue weighted by Gasteiger charge is -2.37. The van der Waals surface area contributed by atoms with Gasteiger partial charge in [-0.1, -0.05) is 26.6 Å². The Bertz CT molecular complexity index is 465. The molecule has 8 heteroatoms. The van der Waals surface area contributed by atoms with Crippen molar-refractivity contribution in [3.8, 4) is 0 Å². The third kappa shape index (κ3) is 2.37. The van der Waals surface area contributed by atoms with E-state index in [1.807, 2.05) is 13.8 Å². The third-order valence-corrected chi connectivity index (χ3v) is 5.92. The molecule has 3 saturated heterocycles. The first-order valence-corrected chi connectivity index (χ1v) is 8.45. The summed E-state index contributed by atoms with van der Waals surface area (Å²) in [6.07, 6.45) is 2.97. The first-order valence-electron chi connectivity index (χ1n) is 8.45. The lowest BCUT2D eigenvalue weighted by Crippen LogP contribution is -3.26. The number of rotatable bonds is 3. The molecular weight excluding hydrogens is 285 g/mol. The van der Waals surface area contributed by atoms with Crippen LogP contribution in [0.4, 0.5) is 0 Å². The second-order valence-corrected chi connectivity index (χ2v) is 7.70. The van der Waals surface area contributed by atoms with Gasteiger partial charge >= 0.3 is 6.69 Å². The highest BCUT2D eigenvalue weighted by atomic mass is 16.7. The van der Waals surface area contributed by atoms with Crippen molar-refractivity contribution in [2.75, 3.05) is 6.54 Å². The van der Waals surface area contributed by atoms with E-state index in [0.29, 0.717) is 19.3 Å². The lowest BCUT2D eigenvalue weighted by atomic mass is 9.66. The first kappa shape index (κ1) is 16.2. The van der Waals surface area contributed by atoms with Crippen LogP contribution in [0.3, 0.4) is 0 Å². The molecule has 7 nitrogen and oxygen atoms in total. The molecule has 0 aromatic carbocycles. The molecule has 0 aromatic rings. The summed E-state index contributed by atoms with van der Waals surface area (Å²) in [6.45, 7) is 2.37. The fourth-order valence-corrected chi connectivity index (χ4v) is 4.62. The van der Waals surface area contributed by atoms with Crippen LogP contribution in [0.25, 0.3) is 0 Å². The minimum atomic E-state index is -2.05. The van der Waals surface area contributed by atoms with Crippen LogP contribution in [0.1, 0.15) is 39.5 Å². The molecule has 0 saturated carbocycles. The maximum Gasteiger partial charge on any atom is 0.471 e. The first-order chi connectivity index (χ1) is 10.3. The molecular formula is C14H28BN3O4. The van der Waals surface area contributed by atoms with E-state index in [4.69, 9.17) is 10.4 Å². The highest BCUT2D eigenvalue weighted by Crippen LogP contribution is 2.37. The zero-order chi connectivity index (χ0) is 16.1. The summed E-state index contributed by atoms with van der Waals surface area (Å²) in [5.41, 5.74) is 5.42. The van der Waals surface area contributed by atoms with Crippen LogP contribution in [0.5, 0.6) is 0 Å². The standard InChI is InChI=1S/C14H28BN3O4/c1-9(2)11(16)12(19)17-10-7-14-5-3-4-6-15(21,18(14)8-10)22-13(14)20/h9-11,13,18,20-21H,3-8,16H2,1-2H3,(H,17,19)/t10-,11+,13+,14-,15-/m1/s1. The van der Waals surface area contributed by atoms with Gasteiger partial charge in [-0.05, 0) is 12.3 Å². The minimum Gasteiger partial charge on any atom is -0.528 e. The van der Waals surface area contributed by atoms with Gasteiger partial charge in [0.25, 0.3) is 0 Å². The average Bonchev–Trinajstić information content (AvgIpc) is 2.85. The Morgan fingerprint density at radius 2 is 2.23 bits per heavy atom. The summed E-state index contributed by atoms with van der Waals surface area (Å²) in [6, 6.07) is -0.600. The van der Waals surface area contributed by atoms with Gasteiger partial charge in [-0.2, -0.15) is 0 Å². The summed E-state index contributed by atoms with van der Waals surface area (Å²) in [5.74, 6) is -0.0734. The average molecular weight is 313 g/mol. The van der Waals surface area contributed by atoms with Crippen molar-refractivity contribution < 1.29 is 24.4 Å². The molecule has 3 fully saturated rings. The number of nitrogens with two attached hydrogens (primary N) is 1. The summed E-state index contributed by atoms with van der Waals surface area (Å²) in [7, 11) is 0. The van der Waals surface area contributed by atoms with Gasteiger partial charge in [0.1, 0.15) is 5.54 Å². The molecule has 3 rings (SSSR count). The number of aliphatic hydroxyl groups excluding tert-OH is 1. The zero-order valence-electron chi connectivity index (χ0n) is 13.4. The second kappa shape index (κ2) is 5.45. The van der Waals surface area contributed by atoms with E-state index in [-0.39, 0.29) is 17.9 Å². The number of nitrogens with one attached hydrogen (secondary N) is 2. The largest absolute Gasteiger partial charge is 0.528 e. The molecule has 22 heavy (non-hydrogen) atoms. The Morgan fingerprint density at radius 1 is 1.50 bits per heavy atom. The number of amides is 1. The van der Waals surface area contributed by atoms with Crippen LogP contribution < -0.4 is 15.9 Å². The van der Waals surface area contributed by atoms with E-state index in [2.05, 4.69) is 5.32 Å². The number of quaternary nitrogens is 1. The smallest absolute Gasteiger partial charge is 0.471 e. The third-order valence-electron chi connectivity index (χ3n) is 5.92.